The van der Waals surface area contributed by atoms with Gasteiger partial charge in [0.05, 0.1) is 0 Å². The number of amides is 1. The normalized spacial score (nSPS) is 16.0. The van der Waals surface area contributed by atoms with Gasteiger partial charge in [-0.2, -0.15) is 0 Å². The third kappa shape index (κ3) is 4.23. The Bertz CT molecular complexity index is 688. The van der Waals surface area contributed by atoms with Crippen molar-refractivity contribution in [3.63, 3.8) is 0 Å². The molecule has 0 unspecified atom stereocenters. The van der Waals surface area contributed by atoms with Crippen molar-refractivity contribution >= 4 is 23.6 Å². The molecule has 1 saturated heterocycles. The highest BCUT2D eigenvalue weighted by Gasteiger charge is 2.22. The number of likely N-dealkylation sites (tertiary alicyclic amines) is 1. The summed E-state index contributed by atoms with van der Waals surface area (Å²) in [5.74, 6) is 0.647. The molecule has 0 bridgehead atoms. The number of rotatable bonds is 3. The molecular weight excluding hydrogens is 306 g/mol. The van der Waals surface area contributed by atoms with Gasteiger partial charge in [0, 0.05) is 24.2 Å². The largest absolute Gasteiger partial charge is 0.339 e. The minimum Gasteiger partial charge on any atom is -0.339 e. The topological polar surface area (TPSA) is 20.3 Å². The number of benzene rings is 2. The van der Waals surface area contributed by atoms with Crippen LogP contribution < -0.4 is 0 Å². The third-order valence-electron chi connectivity index (χ3n) is 4.34. The first-order valence-electron chi connectivity index (χ1n) is 8.00. The highest BCUT2D eigenvalue weighted by molar-refractivity contribution is 6.30. The summed E-state index contributed by atoms with van der Waals surface area (Å²) in [5, 5.41) is 0.684. The highest BCUT2D eigenvalue weighted by Crippen LogP contribution is 2.27. The van der Waals surface area contributed by atoms with Crippen molar-refractivity contribution < 1.29 is 4.79 Å². The van der Waals surface area contributed by atoms with E-state index < -0.39 is 0 Å². The number of nitrogens with zero attached hydrogens (tertiary/aromatic N) is 1. The highest BCUT2D eigenvalue weighted by atomic mass is 35.5. The van der Waals surface area contributed by atoms with Crippen LogP contribution in [-0.2, 0) is 4.79 Å². The lowest BCUT2D eigenvalue weighted by molar-refractivity contribution is -0.126. The molecule has 1 heterocycles. The van der Waals surface area contributed by atoms with Crippen molar-refractivity contribution in [2.45, 2.75) is 18.8 Å². The van der Waals surface area contributed by atoms with Gasteiger partial charge in [-0.1, -0.05) is 54.1 Å². The van der Waals surface area contributed by atoms with Crippen molar-refractivity contribution in [1.29, 1.82) is 0 Å². The van der Waals surface area contributed by atoms with Gasteiger partial charge < -0.3 is 4.90 Å². The molecule has 1 amide bonds. The molecule has 3 rings (SSSR count). The van der Waals surface area contributed by atoms with Gasteiger partial charge in [-0.05, 0) is 48.1 Å². The predicted molar refractivity (Wildman–Crippen MR) is 95.5 cm³/mol. The number of hydrogen-bond donors (Lipinski definition) is 0. The monoisotopic (exact) mass is 325 g/mol. The quantitative estimate of drug-likeness (QED) is 0.745. The van der Waals surface area contributed by atoms with Crippen molar-refractivity contribution in [3.8, 4) is 0 Å². The van der Waals surface area contributed by atoms with Crippen LogP contribution in [-0.4, -0.2) is 23.9 Å². The van der Waals surface area contributed by atoms with E-state index in [2.05, 4.69) is 24.3 Å². The first kappa shape index (κ1) is 15.8. The van der Waals surface area contributed by atoms with Crippen LogP contribution in [0.5, 0.6) is 0 Å². The number of carbonyl (C=O) groups excluding carboxylic acids is 1. The maximum Gasteiger partial charge on any atom is 0.246 e. The molecule has 2 aromatic rings. The van der Waals surface area contributed by atoms with Gasteiger partial charge in [-0.15, -0.1) is 0 Å². The molecule has 0 aromatic heterocycles. The zero-order valence-electron chi connectivity index (χ0n) is 13.0. The molecule has 2 nitrogen and oxygen atoms in total. The molecule has 0 saturated carbocycles. The molecule has 0 spiro atoms. The molecular formula is C20H20ClNO. The summed E-state index contributed by atoms with van der Waals surface area (Å²) >= 11 is 5.95. The Morgan fingerprint density at radius 2 is 1.78 bits per heavy atom. The fourth-order valence-corrected chi connectivity index (χ4v) is 3.24. The van der Waals surface area contributed by atoms with E-state index in [1.54, 1.807) is 6.08 Å². The van der Waals surface area contributed by atoms with Gasteiger partial charge >= 0.3 is 0 Å². The van der Waals surface area contributed by atoms with Crippen LogP contribution in [0.3, 0.4) is 0 Å². The minimum atomic E-state index is 0.0801. The molecule has 1 fully saturated rings. The molecule has 1 aliphatic rings. The fraction of sp³-hybridized carbons (Fsp3) is 0.250. The number of carbonyl (C=O) groups is 1. The molecule has 0 atom stereocenters. The van der Waals surface area contributed by atoms with E-state index in [-0.39, 0.29) is 5.91 Å². The average molecular weight is 326 g/mol. The standard InChI is InChI=1S/C20H20ClNO/c21-19-8-4-5-16(15-19)9-10-20(23)22-13-11-18(12-14-22)17-6-2-1-3-7-17/h1-10,15,18H,11-14H2. The van der Waals surface area contributed by atoms with E-state index in [1.807, 2.05) is 41.3 Å². The molecule has 1 aliphatic heterocycles. The second-order valence-corrected chi connectivity index (χ2v) is 6.34. The van der Waals surface area contributed by atoms with Gasteiger partial charge in [-0.25, -0.2) is 0 Å². The number of piperidine rings is 1. The summed E-state index contributed by atoms with van der Waals surface area (Å²) in [6, 6.07) is 18.1. The van der Waals surface area contributed by atoms with Gasteiger partial charge in [0.1, 0.15) is 0 Å². The summed E-state index contributed by atoms with van der Waals surface area (Å²) in [7, 11) is 0. The van der Waals surface area contributed by atoms with E-state index in [0.717, 1.165) is 31.5 Å². The summed E-state index contributed by atoms with van der Waals surface area (Å²) < 4.78 is 0. The van der Waals surface area contributed by atoms with Crippen LogP contribution in [0.25, 0.3) is 6.08 Å². The molecule has 0 N–H and O–H groups in total. The Morgan fingerprint density at radius 3 is 2.48 bits per heavy atom. The minimum absolute atomic E-state index is 0.0801. The zero-order chi connectivity index (χ0) is 16.1. The average Bonchev–Trinajstić information content (AvgIpc) is 2.61. The summed E-state index contributed by atoms with van der Waals surface area (Å²) in [4.78, 5) is 14.2. The first-order chi connectivity index (χ1) is 11.2. The Kier molecular flexibility index (Phi) is 5.14. The van der Waals surface area contributed by atoms with Gasteiger partial charge in [0.25, 0.3) is 0 Å². The first-order valence-corrected chi connectivity index (χ1v) is 8.38. The lowest BCUT2D eigenvalue weighted by Crippen LogP contribution is -2.36. The predicted octanol–water partition coefficient (Wildman–Crippen LogP) is 4.76. The smallest absolute Gasteiger partial charge is 0.246 e. The molecule has 0 aliphatic carbocycles. The third-order valence-corrected chi connectivity index (χ3v) is 4.58. The van der Waals surface area contributed by atoms with E-state index in [0.29, 0.717) is 10.9 Å². The fourth-order valence-electron chi connectivity index (χ4n) is 3.04. The van der Waals surface area contributed by atoms with E-state index in [9.17, 15) is 4.79 Å². The Morgan fingerprint density at radius 1 is 1.04 bits per heavy atom. The van der Waals surface area contributed by atoms with Crippen LogP contribution in [0.4, 0.5) is 0 Å². The van der Waals surface area contributed by atoms with Gasteiger partial charge in [0.2, 0.25) is 5.91 Å². The summed E-state index contributed by atoms with van der Waals surface area (Å²) in [6.45, 7) is 1.64. The van der Waals surface area contributed by atoms with Crippen LogP contribution in [0.2, 0.25) is 5.02 Å². The number of halogens is 1. The summed E-state index contributed by atoms with van der Waals surface area (Å²) in [5.41, 5.74) is 2.33. The van der Waals surface area contributed by atoms with Gasteiger partial charge in [0.15, 0.2) is 0 Å². The van der Waals surface area contributed by atoms with Crippen molar-refractivity contribution in [2.24, 2.45) is 0 Å². The Hall–Kier alpha value is -2.06. The van der Waals surface area contributed by atoms with E-state index >= 15 is 0 Å². The molecule has 23 heavy (non-hydrogen) atoms. The van der Waals surface area contributed by atoms with Crippen LogP contribution >= 0.6 is 11.6 Å². The maximum absolute atomic E-state index is 12.3. The second-order valence-electron chi connectivity index (χ2n) is 5.90. The molecule has 2 aromatic carbocycles. The Labute approximate surface area is 142 Å². The number of hydrogen-bond acceptors (Lipinski definition) is 1. The lowest BCUT2D eigenvalue weighted by Gasteiger charge is -2.31. The van der Waals surface area contributed by atoms with E-state index in [1.165, 1.54) is 5.56 Å². The zero-order valence-corrected chi connectivity index (χ0v) is 13.7. The second kappa shape index (κ2) is 7.47. The molecule has 118 valence electrons. The van der Waals surface area contributed by atoms with Crippen molar-refractivity contribution in [3.05, 3.63) is 76.8 Å². The van der Waals surface area contributed by atoms with Crippen LogP contribution in [0.15, 0.2) is 60.7 Å². The van der Waals surface area contributed by atoms with E-state index in [4.69, 9.17) is 11.6 Å². The Balaban J connectivity index is 1.56. The maximum atomic E-state index is 12.3. The summed E-state index contributed by atoms with van der Waals surface area (Å²) in [6.07, 6.45) is 5.54. The molecule has 0 radical (unpaired) electrons. The van der Waals surface area contributed by atoms with Crippen molar-refractivity contribution in [2.75, 3.05) is 13.1 Å². The SMILES string of the molecule is O=C(C=Cc1cccc(Cl)c1)N1CCC(c2ccccc2)CC1. The lowest BCUT2D eigenvalue weighted by atomic mass is 9.89. The molecule has 3 heteroatoms. The van der Waals surface area contributed by atoms with Crippen molar-refractivity contribution in [1.82, 2.24) is 4.90 Å². The van der Waals surface area contributed by atoms with Crippen LogP contribution in [0.1, 0.15) is 29.9 Å². The van der Waals surface area contributed by atoms with Crippen LogP contribution in [0, 0.1) is 0 Å². The van der Waals surface area contributed by atoms with Gasteiger partial charge in [-0.3, -0.25) is 4.79 Å².